The molecule has 2 aromatic carbocycles. The van der Waals surface area contributed by atoms with Crippen LogP contribution in [0.15, 0.2) is 70.3 Å². The minimum absolute atomic E-state index is 0. The molecule has 160 valence electrons. The largest absolute Gasteiger partial charge is 0.497 e. The first-order chi connectivity index (χ1) is 14.2. The lowest BCUT2D eigenvalue weighted by Gasteiger charge is -2.17. The molecule has 1 atom stereocenters. The molecule has 0 aliphatic carbocycles. The number of hydrogen-bond acceptors (Lipinski definition) is 5. The summed E-state index contributed by atoms with van der Waals surface area (Å²) in [6.07, 6.45) is 1.59. The molecule has 8 heteroatoms. The Bertz CT molecular complexity index is 931. The highest BCUT2D eigenvalue weighted by Crippen LogP contribution is 2.20. The van der Waals surface area contributed by atoms with Crippen LogP contribution < -0.4 is 20.1 Å². The number of rotatable bonds is 8. The van der Waals surface area contributed by atoms with Crippen LogP contribution in [0.25, 0.3) is 11.5 Å². The number of oxazole rings is 1. The van der Waals surface area contributed by atoms with Crippen molar-refractivity contribution in [2.75, 3.05) is 20.7 Å². The molecule has 0 spiro atoms. The summed E-state index contributed by atoms with van der Waals surface area (Å²) in [6, 6.07) is 17.4. The Labute approximate surface area is 193 Å². The van der Waals surface area contributed by atoms with Gasteiger partial charge in [-0.25, -0.2) is 4.98 Å². The zero-order valence-electron chi connectivity index (χ0n) is 17.3. The van der Waals surface area contributed by atoms with Crippen LogP contribution in [0.2, 0.25) is 0 Å². The van der Waals surface area contributed by atoms with E-state index < -0.39 is 0 Å². The molecule has 1 aromatic heterocycles. The lowest BCUT2D eigenvalue weighted by Crippen LogP contribution is -2.41. The summed E-state index contributed by atoms with van der Waals surface area (Å²) < 4.78 is 16.7. The highest BCUT2D eigenvalue weighted by Gasteiger charge is 2.09. The van der Waals surface area contributed by atoms with Crippen LogP contribution in [0, 0.1) is 0 Å². The van der Waals surface area contributed by atoms with Crippen LogP contribution in [0.5, 0.6) is 11.5 Å². The SMILES string of the molecule is CN=C(NCc1coc(-c2ccccc2)n1)NCC(C)Oc1cccc(OC)c1.I. The maximum absolute atomic E-state index is 5.91. The van der Waals surface area contributed by atoms with Gasteiger partial charge >= 0.3 is 0 Å². The number of aliphatic imine (C=N–C) groups is 1. The Morgan fingerprint density at radius 1 is 1.10 bits per heavy atom. The quantitative estimate of drug-likeness (QED) is 0.264. The fourth-order valence-electron chi connectivity index (χ4n) is 2.69. The lowest BCUT2D eigenvalue weighted by molar-refractivity contribution is 0.223. The first-order valence-corrected chi connectivity index (χ1v) is 9.43. The first kappa shape index (κ1) is 23.5. The van der Waals surface area contributed by atoms with Crippen LogP contribution in [-0.4, -0.2) is 37.7 Å². The minimum atomic E-state index is -0.0580. The summed E-state index contributed by atoms with van der Waals surface area (Å²) in [5.41, 5.74) is 1.75. The van der Waals surface area contributed by atoms with Gasteiger partial charge in [0.05, 0.1) is 25.9 Å². The van der Waals surface area contributed by atoms with Crippen molar-refractivity contribution in [3.05, 3.63) is 66.6 Å². The number of hydrogen-bond donors (Lipinski definition) is 2. The number of guanidine groups is 1. The van der Waals surface area contributed by atoms with Gasteiger partial charge in [-0.1, -0.05) is 24.3 Å². The average Bonchev–Trinajstić information content (AvgIpc) is 3.24. The zero-order valence-corrected chi connectivity index (χ0v) is 19.6. The summed E-state index contributed by atoms with van der Waals surface area (Å²) in [6.45, 7) is 3.08. The maximum Gasteiger partial charge on any atom is 0.226 e. The molecule has 0 fully saturated rings. The summed E-state index contributed by atoms with van der Waals surface area (Å²) >= 11 is 0. The molecule has 1 unspecified atom stereocenters. The maximum atomic E-state index is 5.91. The topological polar surface area (TPSA) is 80.9 Å². The Balaban J connectivity index is 0.00000320. The van der Waals surface area contributed by atoms with E-state index in [1.54, 1.807) is 20.4 Å². The van der Waals surface area contributed by atoms with Crippen molar-refractivity contribution in [1.82, 2.24) is 15.6 Å². The number of benzene rings is 2. The Hall–Kier alpha value is -2.75. The van der Waals surface area contributed by atoms with Gasteiger partial charge in [-0.2, -0.15) is 0 Å². The van der Waals surface area contributed by atoms with E-state index in [9.17, 15) is 0 Å². The number of methoxy groups -OCH3 is 1. The third kappa shape index (κ3) is 6.94. The minimum Gasteiger partial charge on any atom is -0.497 e. The number of nitrogens with one attached hydrogen (secondary N) is 2. The number of nitrogens with zero attached hydrogens (tertiary/aromatic N) is 2. The van der Waals surface area contributed by atoms with E-state index in [4.69, 9.17) is 13.9 Å². The molecule has 0 saturated carbocycles. The molecule has 0 aliphatic heterocycles. The molecule has 7 nitrogen and oxygen atoms in total. The van der Waals surface area contributed by atoms with E-state index in [-0.39, 0.29) is 30.1 Å². The van der Waals surface area contributed by atoms with E-state index in [1.165, 1.54) is 0 Å². The second kappa shape index (κ2) is 12.1. The predicted octanol–water partition coefficient (Wildman–Crippen LogP) is 4.10. The van der Waals surface area contributed by atoms with E-state index in [2.05, 4.69) is 20.6 Å². The average molecular weight is 522 g/mol. The second-order valence-electron chi connectivity index (χ2n) is 6.42. The van der Waals surface area contributed by atoms with E-state index >= 15 is 0 Å². The molecule has 2 N–H and O–H groups in total. The normalized spacial score (nSPS) is 11.9. The van der Waals surface area contributed by atoms with E-state index in [0.29, 0.717) is 24.9 Å². The molecular weight excluding hydrogens is 495 g/mol. The number of halogens is 1. The fourth-order valence-corrected chi connectivity index (χ4v) is 2.69. The number of aromatic nitrogens is 1. The van der Waals surface area contributed by atoms with E-state index in [1.807, 2.05) is 61.5 Å². The van der Waals surface area contributed by atoms with E-state index in [0.717, 1.165) is 22.8 Å². The Morgan fingerprint density at radius 3 is 2.60 bits per heavy atom. The summed E-state index contributed by atoms with van der Waals surface area (Å²) in [5, 5.41) is 6.48. The van der Waals surface area contributed by atoms with Gasteiger partial charge in [-0.05, 0) is 31.2 Å². The van der Waals surface area contributed by atoms with Crippen LogP contribution in [0.3, 0.4) is 0 Å². The van der Waals surface area contributed by atoms with Gasteiger partial charge in [0.1, 0.15) is 23.9 Å². The van der Waals surface area contributed by atoms with Crippen molar-refractivity contribution < 1.29 is 13.9 Å². The predicted molar refractivity (Wildman–Crippen MR) is 129 cm³/mol. The van der Waals surface area contributed by atoms with Crippen LogP contribution >= 0.6 is 24.0 Å². The van der Waals surface area contributed by atoms with Gasteiger partial charge in [0, 0.05) is 18.7 Å². The van der Waals surface area contributed by atoms with Gasteiger partial charge in [-0.3, -0.25) is 4.99 Å². The third-order valence-electron chi connectivity index (χ3n) is 4.17. The fraction of sp³-hybridized carbons (Fsp3) is 0.273. The van der Waals surface area contributed by atoms with Gasteiger partial charge in [-0.15, -0.1) is 24.0 Å². The van der Waals surface area contributed by atoms with Crippen LogP contribution in [-0.2, 0) is 6.54 Å². The standard InChI is InChI=1S/C22H26N4O3.HI/c1-16(29-20-11-7-10-19(12-20)27-3)13-24-22(23-2)25-14-18-15-28-21(26-18)17-8-5-4-6-9-17;/h4-12,15-16H,13-14H2,1-3H3,(H2,23,24,25);1H. The summed E-state index contributed by atoms with van der Waals surface area (Å²) in [4.78, 5) is 8.74. The van der Waals surface area contributed by atoms with Crippen LogP contribution in [0.4, 0.5) is 0 Å². The molecule has 1 heterocycles. The van der Waals surface area contributed by atoms with Gasteiger partial charge < -0.3 is 24.5 Å². The molecule has 0 bridgehead atoms. The molecule has 0 radical (unpaired) electrons. The van der Waals surface area contributed by atoms with Crippen molar-refractivity contribution >= 4 is 29.9 Å². The molecule has 30 heavy (non-hydrogen) atoms. The van der Waals surface area contributed by atoms with Crippen molar-refractivity contribution in [2.24, 2.45) is 4.99 Å². The first-order valence-electron chi connectivity index (χ1n) is 9.43. The monoisotopic (exact) mass is 522 g/mol. The zero-order chi connectivity index (χ0) is 20.5. The lowest BCUT2D eigenvalue weighted by atomic mass is 10.2. The number of ether oxygens (including phenoxy) is 2. The third-order valence-corrected chi connectivity index (χ3v) is 4.17. The van der Waals surface area contributed by atoms with Crippen molar-refractivity contribution in [2.45, 2.75) is 19.6 Å². The molecule has 0 amide bonds. The smallest absolute Gasteiger partial charge is 0.226 e. The molecule has 0 aliphatic rings. The molecule has 3 rings (SSSR count). The van der Waals surface area contributed by atoms with Crippen molar-refractivity contribution in [1.29, 1.82) is 0 Å². The highest BCUT2D eigenvalue weighted by atomic mass is 127. The molecule has 3 aromatic rings. The second-order valence-corrected chi connectivity index (χ2v) is 6.42. The Morgan fingerprint density at radius 2 is 1.87 bits per heavy atom. The van der Waals surface area contributed by atoms with Crippen molar-refractivity contribution in [3.63, 3.8) is 0 Å². The van der Waals surface area contributed by atoms with Gasteiger partial charge in [0.2, 0.25) is 5.89 Å². The van der Waals surface area contributed by atoms with Gasteiger partial charge in [0.25, 0.3) is 0 Å². The molecule has 0 saturated heterocycles. The molecular formula is C22H27IN4O3. The van der Waals surface area contributed by atoms with Crippen LogP contribution in [0.1, 0.15) is 12.6 Å². The summed E-state index contributed by atoms with van der Waals surface area (Å²) in [5.74, 6) is 2.79. The highest BCUT2D eigenvalue weighted by molar-refractivity contribution is 14.0. The Kier molecular flexibility index (Phi) is 9.46. The summed E-state index contributed by atoms with van der Waals surface area (Å²) in [7, 11) is 3.36. The van der Waals surface area contributed by atoms with Gasteiger partial charge in [0.15, 0.2) is 5.96 Å². The van der Waals surface area contributed by atoms with Crippen molar-refractivity contribution in [3.8, 4) is 23.0 Å².